The third-order valence-corrected chi connectivity index (χ3v) is 3.12. The molecule has 94 valence electrons. The summed E-state index contributed by atoms with van der Waals surface area (Å²) < 4.78 is 0.951. The number of anilines is 1. The molecule has 1 aromatic rings. The predicted octanol–water partition coefficient (Wildman–Crippen LogP) is 1.80. The molecule has 6 heteroatoms. The van der Waals surface area contributed by atoms with Crippen molar-refractivity contribution in [3.05, 3.63) is 16.1 Å². The molecule has 0 fully saturated rings. The first-order valence-electron chi connectivity index (χ1n) is 5.62. The average molecular weight is 348 g/mol. The van der Waals surface area contributed by atoms with Crippen molar-refractivity contribution in [1.82, 2.24) is 15.3 Å². The van der Waals surface area contributed by atoms with Gasteiger partial charge in [0.2, 0.25) is 5.91 Å². The van der Waals surface area contributed by atoms with Gasteiger partial charge >= 0.3 is 0 Å². The predicted molar refractivity (Wildman–Crippen MR) is 75.8 cm³/mol. The molecule has 0 aliphatic heterocycles. The molecule has 0 bridgehead atoms. The van der Waals surface area contributed by atoms with Gasteiger partial charge < -0.3 is 10.6 Å². The quantitative estimate of drug-likeness (QED) is 0.770. The summed E-state index contributed by atoms with van der Waals surface area (Å²) >= 11 is 2.16. The lowest BCUT2D eigenvalue weighted by Crippen LogP contribution is -2.33. The van der Waals surface area contributed by atoms with E-state index in [1.165, 1.54) is 6.33 Å². The zero-order chi connectivity index (χ0) is 12.7. The lowest BCUT2D eigenvalue weighted by molar-refractivity contribution is -0.121. The molecule has 0 aliphatic rings. The number of amides is 1. The van der Waals surface area contributed by atoms with Crippen LogP contribution in [0, 0.1) is 3.57 Å². The highest BCUT2D eigenvalue weighted by molar-refractivity contribution is 14.1. The molecule has 1 atom stereocenters. The second kappa shape index (κ2) is 7.41. The van der Waals surface area contributed by atoms with Crippen molar-refractivity contribution >= 4 is 34.3 Å². The summed E-state index contributed by atoms with van der Waals surface area (Å²) in [6.07, 6.45) is 4.62. The van der Waals surface area contributed by atoms with Gasteiger partial charge in [-0.25, -0.2) is 9.97 Å². The number of rotatable bonds is 6. The maximum absolute atomic E-state index is 11.5. The zero-order valence-electron chi connectivity index (χ0n) is 10.0. The molecule has 0 aliphatic carbocycles. The van der Waals surface area contributed by atoms with E-state index in [0.717, 1.165) is 15.8 Å². The molecule has 1 unspecified atom stereocenters. The Labute approximate surface area is 115 Å². The minimum Gasteiger partial charge on any atom is -0.369 e. The van der Waals surface area contributed by atoms with Crippen molar-refractivity contribution in [2.24, 2.45) is 0 Å². The van der Waals surface area contributed by atoms with Crippen LogP contribution in [0.15, 0.2) is 12.5 Å². The van der Waals surface area contributed by atoms with Crippen molar-refractivity contribution in [3.8, 4) is 0 Å². The highest BCUT2D eigenvalue weighted by Crippen LogP contribution is 2.11. The first-order chi connectivity index (χ1) is 8.13. The van der Waals surface area contributed by atoms with Gasteiger partial charge in [0.15, 0.2) is 0 Å². The van der Waals surface area contributed by atoms with Crippen LogP contribution in [-0.2, 0) is 4.79 Å². The maximum Gasteiger partial charge on any atom is 0.221 e. The Morgan fingerprint density at radius 2 is 2.35 bits per heavy atom. The molecule has 0 saturated heterocycles. The summed E-state index contributed by atoms with van der Waals surface area (Å²) in [6.45, 7) is 4.63. The number of aromatic nitrogens is 2. The SMILES string of the molecule is CCC(C)NC(=O)CCNc1ncncc1I. The van der Waals surface area contributed by atoms with Crippen molar-refractivity contribution in [1.29, 1.82) is 0 Å². The molecule has 0 radical (unpaired) electrons. The number of hydrogen-bond donors (Lipinski definition) is 2. The Bertz CT molecular complexity index is 372. The lowest BCUT2D eigenvalue weighted by Gasteiger charge is -2.11. The van der Waals surface area contributed by atoms with Crippen molar-refractivity contribution in [2.75, 3.05) is 11.9 Å². The topological polar surface area (TPSA) is 66.9 Å². The number of carbonyl (C=O) groups excluding carboxylic acids is 1. The van der Waals surface area contributed by atoms with E-state index in [0.29, 0.717) is 13.0 Å². The standard InChI is InChI=1S/C11H17IN4O/c1-3-8(2)16-10(17)4-5-14-11-9(12)6-13-7-15-11/h6-8H,3-5H2,1-2H3,(H,16,17)(H,13,14,15). The largest absolute Gasteiger partial charge is 0.369 e. The summed E-state index contributed by atoms with van der Waals surface area (Å²) in [6, 6.07) is 0.238. The zero-order valence-corrected chi connectivity index (χ0v) is 12.2. The van der Waals surface area contributed by atoms with E-state index in [2.05, 4.69) is 43.2 Å². The molecule has 2 N–H and O–H groups in total. The van der Waals surface area contributed by atoms with Gasteiger partial charge in [-0.2, -0.15) is 0 Å². The van der Waals surface area contributed by atoms with Gasteiger partial charge in [-0.15, -0.1) is 0 Å². The van der Waals surface area contributed by atoms with Gasteiger partial charge in [0.1, 0.15) is 12.1 Å². The van der Waals surface area contributed by atoms with E-state index in [4.69, 9.17) is 0 Å². The molecule has 1 heterocycles. The van der Waals surface area contributed by atoms with Gasteiger partial charge in [-0.3, -0.25) is 4.79 Å². The van der Waals surface area contributed by atoms with E-state index in [9.17, 15) is 4.79 Å². The van der Waals surface area contributed by atoms with E-state index in [-0.39, 0.29) is 11.9 Å². The summed E-state index contributed by atoms with van der Waals surface area (Å²) in [5, 5.41) is 6.03. The van der Waals surface area contributed by atoms with Crippen molar-refractivity contribution in [3.63, 3.8) is 0 Å². The Hall–Kier alpha value is -0.920. The number of halogens is 1. The van der Waals surface area contributed by atoms with Crippen LogP contribution >= 0.6 is 22.6 Å². The molecule has 17 heavy (non-hydrogen) atoms. The van der Waals surface area contributed by atoms with Crippen molar-refractivity contribution < 1.29 is 4.79 Å². The number of nitrogens with one attached hydrogen (secondary N) is 2. The number of nitrogens with zero attached hydrogens (tertiary/aromatic N) is 2. The minimum atomic E-state index is 0.0657. The molecular weight excluding hydrogens is 331 g/mol. The number of carbonyl (C=O) groups is 1. The van der Waals surface area contributed by atoms with Crippen LogP contribution in [0.1, 0.15) is 26.7 Å². The second-order valence-electron chi connectivity index (χ2n) is 3.77. The summed E-state index contributed by atoms with van der Waals surface area (Å²) in [5.74, 6) is 0.841. The molecule has 0 aromatic carbocycles. The highest BCUT2D eigenvalue weighted by atomic mass is 127. The van der Waals surface area contributed by atoms with Crippen LogP contribution in [0.5, 0.6) is 0 Å². The van der Waals surface area contributed by atoms with Crippen LogP contribution in [0.2, 0.25) is 0 Å². The Morgan fingerprint density at radius 3 is 3.00 bits per heavy atom. The third kappa shape index (κ3) is 5.29. The van der Waals surface area contributed by atoms with E-state index < -0.39 is 0 Å². The van der Waals surface area contributed by atoms with E-state index in [1.807, 2.05) is 13.8 Å². The lowest BCUT2D eigenvalue weighted by atomic mass is 10.2. The van der Waals surface area contributed by atoms with Crippen molar-refractivity contribution in [2.45, 2.75) is 32.7 Å². The molecule has 1 aromatic heterocycles. The summed E-state index contributed by atoms with van der Waals surface area (Å²) in [7, 11) is 0. The van der Waals surface area contributed by atoms with E-state index >= 15 is 0 Å². The molecule has 1 amide bonds. The van der Waals surface area contributed by atoms with Crippen LogP contribution in [0.3, 0.4) is 0 Å². The van der Waals surface area contributed by atoms with Gasteiger partial charge in [0.25, 0.3) is 0 Å². The molecular formula is C11H17IN4O. The van der Waals surface area contributed by atoms with Gasteiger partial charge in [-0.1, -0.05) is 6.92 Å². The Balaban J connectivity index is 2.29. The average Bonchev–Trinajstić information content (AvgIpc) is 2.31. The molecule has 0 saturated carbocycles. The van der Waals surface area contributed by atoms with Crippen LogP contribution < -0.4 is 10.6 Å². The highest BCUT2D eigenvalue weighted by Gasteiger charge is 2.05. The fourth-order valence-corrected chi connectivity index (χ4v) is 1.68. The van der Waals surface area contributed by atoms with Crippen LogP contribution in [0.4, 0.5) is 5.82 Å². The second-order valence-corrected chi connectivity index (χ2v) is 4.94. The first kappa shape index (κ1) is 14.1. The third-order valence-electron chi connectivity index (χ3n) is 2.33. The molecule has 5 nitrogen and oxygen atoms in total. The number of hydrogen-bond acceptors (Lipinski definition) is 4. The Kier molecular flexibility index (Phi) is 6.17. The fourth-order valence-electron chi connectivity index (χ4n) is 1.19. The van der Waals surface area contributed by atoms with Gasteiger partial charge in [0, 0.05) is 25.2 Å². The minimum absolute atomic E-state index is 0.0657. The molecule has 0 spiro atoms. The monoisotopic (exact) mass is 348 g/mol. The first-order valence-corrected chi connectivity index (χ1v) is 6.70. The maximum atomic E-state index is 11.5. The van der Waals surface area contributed by atoms with Crippen LogP contribution in [0.25, 0.3) is 0 Å². The Morgan fingerprint density at radius 1 is 1.59 bits per heavy atom. The summed E-state index contributed by atoms with van der Waals surface area (Å²) in [4.78, 5) is 19.5. The summed E-state index contributed by atoms with van der Waals surface area (Å²) in [5.41, 5.74) is 0. The normalized spacial score (nSPS) is 11.9. The molecule has 1 rings (SSSR count). The van der Waals surface area contributed by atoms with E-state index in [1.54, 1.807) is 6.20 Å². The smallest absolute Gasteiger partial charge is 0.221 e. The van der Waals surface area contributed by atoms with Crippen LogP contribution in [-0.4, -0.2) is 28.5 Å². The van der Waals surface area contributed by atoms with Gasteiger partial charge in [0.05, 0.1) is 3.57 Å². The van der Waals surface area contributed by atoms with Gasteiger partial charge in [-0.05, 0) is 35.9 Å². The fraction of sp³-hybridized carbons (Fsp3) is 0.545.